The van der Waals surface area contributed by atoms with Crippen molar-refractivity contribution in [2.75, 3.05) is 24.5 Å². The van der Waals surface area contributed by atoms with Crippen molar-refractivity contribution < 1.29 is 14.8 Å². The van der Waals surface area contributed by atoms with Crippen LogP contribution in [-0.2, 0) is 4.79 Å². The van der Waals surface area contributed by atoms with Crippen molar-refractivity contribution in [3.63, 3.8) is 0 Å². The maximum atomic E-state index is 11.7. The topological polar surface area (TPSA) is 95.7 Å². The summed E-state index contributed by atoms with van der Waals surface area (Å²) in [5.74, 6) is -0.784. The van der Waals surface area contributed by atoms with Crippen LogP contribution in [0.4, 0.5) is 11.4 Å². The molecule has 0 spiro atoms. The fraction of sp³-hybridized carbons (Fsp3) is 0.632. The van der Waals surface area contributed by atoms with E-state index in [2.05, 4.69) is 24.1 Å². The first-order chi connectivity index (χ1) is 12.3. The van der Waals surface area contributed by atoms with Gasteiger partial charge < -0.3 is 15.3 Å². The molecule has 1 aliphatic rings. The van der Waals surface area contributed by atoms with E-state index in [1.165, 1.54) is 0 Å². The van der Waals surface area contributed by atoms with Crippen LogP contribution in [0.1, 0.15) is 51.5 Å². The third kappa shape index (κ3) is 5.17. The molecule has 2 N–H and O–H groups in total. The van der Waals surface area contributed by atoms with Crippen molar-refractivity contribution in [3.8, 4) is 0 Å². The molecule has 2 rings (SSSR count). The number of hydrogen-bond donors (Lipinski definition) is 2. The van der Waals surface area contributed by atoms with Crippen LogP contribution >= 0.6 is 0 Å². The molecule has 144 valence electrons. The molecule has 1 atom stereocenters. The molecule has 1 aliphatic heterocycles. The standard InChI is InChI=1S/C19H29N3O4/c1-13(2)12-21(16-6-8-20-9-7-16)17-5-4-15(11-18(17)22(25)26)14(3)10-19(23)24/h4-5,11,13-14,16,20H,6-10,12H2,1-3H3,(H,23,24). The summed E-state index contributed by atoms with van der Waals surface area (Å²) >= 11 is 0. The molecule has 0 bridgehead atoms. The molecule has 1 unspecified atom stereocenters. The third-order valence-corrected chi connectivity index (χ3v) is 4.87. The minimum absolute atomic E-state index is 0.0412. The Morgan fingerprint density at radius 3 is 2.54 bits per heavy atom. The summed E-state index contributed by atoms with van der Waals surface area (Å²) in [6, 6.07) is 5.47. The largest absolute Gasteiger partial charge is 0.481 e. The maximum Gasteiger partial charge on any atom is 0.303 e. The number of carboxylic acids is 1. The van der Waals surface area contributed by atoms with Gasteiger partial charge >= 0.3 is 5.97 Å². The number of benzene rings is 1. The van der Waals surface area contributed by atoms with Crippen LogP contribution in [0, 0.1) is 16.0 Å². The number of nitrogens with zero attached hydrogens (tertiary/aromatic N) is 2. The number of nitro benzene ring substituents is 1. The second kappa shape index (κ2) is 8.98. The Labute approximate surface area is 154 Å². The smallest absolute Gasteiger partial charge is 0.303 e. The summed E-state index contributed by atoms with van der Waals surface area (Å²) in [7, 11) is 0. The monoisotopic (exact) mass is 363 g/mol. The predicted octanol–water partition coefficient (Wildman–Crippen LogP) is 3.39. The van der Waals surface area contributed by atoms with Crippen LogP contribution < -0.4 is 10.2 Å². The van der Waals surface area contributed by atoms with Crippen molar-refractivity contribution in [1.29, 1.82) is 0 Å². The number of nitro groups is 1. The number of aliphatic carboxylic acids is 1. The molecule has 1 aromatic carbocycles. The first kappa shape index (κ1) is 20.2. The number of hydrogen-bond acceptors (Lipinski definition) is 5. The second-order valence-electron chi connectivity index (χ2n) is 7.53. The van der Waals surface area contributed by atoms with Gasteiger partial charge in [0, 0.05) is 18.7 Å². The molecular formula is C19H29N3O4. The molecule has 0 saturated carbocycles. The summed E-state index contributed by atoms with van der Waals surface area (Å²) in [6.45, 7) is 8.61. The molecular weight excluding hydrogens is 334 g/mol. The first-order valence-electron chi connectivity index (χ1n) is 9.27. The summed E-state index contributed by atoms with van der Waals surface area (Å²) in [5, 5.41) is 24.1. The lowest BCUT2D eigenvalue weighted by atomic mass is 9.95. The molecule has 0 aromatic heterocycles. The molecule has 0 aliphatic carbocycles. The molecule has 7 nitrogen and oxygen atoms in total. The van der Waals surface area contributed by atoms with Gasteiger partial charge in [0.2, 0.25) is 0 Å². The van der Waals surface area contributed by atoms with Crippen molar-refractivity contribution in [1.82, 2.24) is 5.32 Å². The molecule has 7 heteroatoms. The minimum Gasteiger partial charge on any atom is -0.481 e. The van der Waals surface area contributed by atoms with Gasteiger partial charge in [0.05, 0.1) is 11.3 Å². The van der Waals surface area contributed by atoms with Gasteiger partial charge in [-0.15, -0.1) is 0 Å². The van der Waals surface area contributed by atoms with E-state index in [0.29, 0.717) is 17.2 Å². The predicted molar refractivity (Wildman–Crippen MR) is 102 cm³/mol. The van der Waals surface area contributed by atoms with E-state index in [-0.39, 0.29) is 29.0 Å². The molecule has 1 fully saturated rings. The number of carboxylic acid groups (broad SMARTS) is 1. The molecule has 1 saturated heterocycles. The highest BCUT2D eigenvalue weighted by Crippen LogP contribution is 2.35. The van der Waals surface area contributed by atoms with Crippen LogP contribution in [0.15, 0.2) is 18.2 Å². The zero-order valence-corrected chi connectivity index (χ0v) is 15.8. The lowest BCUT2D eigenvalue weighted by Crippen LogP contribution is -2.45. The highest BCUT2D eigenvalue weighted by Gasteiger charge is 2.28. The first-order valence-corrected chi connectivity index (χ1v) is 9.27. The van der Waals surface area contributed by atoms with Crippen molar-refractivity contribution >= 4 is 17.3 Å². The fourth-order valence-electron chi connectivity index (χ4n) is 3.57. The van der Waals surface area contributed by atoms with E-state index in [0.717, 1.165) is 32.5 Å². The quantitative estimate of drug-likeness (QED) is 0.543. The zero-order valence-electron chi connectivity index (χ0n) is 15.8. The molecule has 26 heavy (non-hydrogen) atoms. The zero-order chi connectivity index (χ0) is 19.3. The van der Waals surface area contributed by atoms with Crippen LogP contribution in [0.3, 0.4) is 0 Å². The average Bonchev–Trinajstić information content (AvgIpc) is 2.59. The van der Waals surface area contributed by atoms with E-state index < -0.39 is 5.97 Å². The lowest BCUT2D eigenvalue weighted by Gasteiger charge is -2.37. The van der Waals surface area contributed by atoms with Gasteiger partial charge in [0.1, 0.15) is 5.69 Å². The highest BCUT2D eigenvalue weighted by atomic mass is 16.6. The average molecular weight is 363 g/mol. The molecule has 0 amide bonds. The molecule has 1 heterocycles. The van der Waals surface area contributed by atoms with Gasteiger partial charge in [-0.05, 0) is 49.4 Å². The van der Waals surface area contributed by atoms with Crippen molar-refractivity contribution in [3.05, 3.63) is 33.9 Å². The fourth-order valence-corrected chi connectivity index (χ4v) is 3.57. The number of piperidine rings is 1. The Balaban J connectivity index is 2.39. The van der Waals surface area contributed by atoms with E-state index in [1.807, 2.05) is 6.07 Å². The number of anilines is 1. The Kier molecular flexibility index (Phi) is 6.97. The van der Waals surface area contributed by atoms with Gasteiger partial charge in [-0.2, -0.15) is 0 Å². The minimum atomic E-state index is -0.902. The summed E-state index contributed by atoms with van der Waals surface area (Å²) < 4.78 is 0. The van der Waals surface area contributed by atoms with Gasteiger partial charge in [-0.3, -0.25) is 14.9 Å². The van der Waals surface area contributed by atoms with E-state index in [1.54, 1.807) is 19.1 Å². The van der Waals surface area contributed by atoms with Crippen LogP contribution in [0.2, 0.25) is 0 Å². The Morgan fingerprint density at radius 1 is 1.35 bits per heavy atom. The number of nitrogens with one attached hydrogen (secondary N) is 1. The number of rotatable bonds is 8. The SMILES string of the molecule is CC(C)CN(c1ccc(C(C)CC(=O)O)cc1[N+](=O)[O-])C1CCNCC1. The lowest BCUT2D eigenvalue weighted by molar-refractivity contribution is -0.384. The van der Waals surface area contributed by atoms with Gasteiger partial charge in [0.15, 0.2) is 0 Å². The van der Waals surface area contributed by atoms with Gasteiger partial charge in [-0.25, -0.2) is 0 Å². The maximum absolute atomic E-state index is 11.7. The molecule has 0 radical (unpaired) electrons. The molecule has 1 aromatic rings. The normalized spacial score (nSPS) is 16.5. The van der Waals surface area contributed by atoms with Gasteiger partial charge in [-0.1, -0.05) is 26.8 Å². The van der Waals surface area contributed by atoms with E-state index in [9.17, 15) is 14.9 Å². The second-order valence-corrected chi connectivity index (χ2v) is 7.53. The van der Waals surface area contributed by atoms with E-state index in [4.69, 9.17) is 5.11 Å². The summed E-state index contributed by atoms with van der Waals surface area (Å²) in [6.07, 6.45) is 1.88. The van der Waals surface area contributed by atoms with Crippen LogP contribution in [0.25, 0.3) is 0 Å². The van der Waals surface area contributed by atoms with Crippen LogP contribution in [0.5, 0.6) is 0 Å². The Morgan fingerprint density at radius 2 is 2.00 bits per heavy atom. The number of carbonyl (C=O) groups is 1. The highest BCUT2D eigenvalue weighted by molar-refractivity contribution is 5.69. The van der Waals surface area contributed by atoms with Crippen LogP contribution in [-0.4, -0.2) is 41.7 Å². The van der Waals surface area contributed by atoms with E-state index >= 15 is 0 Å². The third-order valence-electron chi connectivity index (χ3n) is 4.87. The summed E-state index contributed by atoms with van der Waals surface area (Å²) in [4.78, 5) is 24.5. The Bertz CT molecular complexity index is 642. The Hall–Kier alpha value is -2.15. The summed E-state index contributed by atoms with van der Waals surface area (Å²) in [5.41, 5.74) is 1.40. The van der Waals surface area contributed by atoms with Gasteiger partial charge in [0.25, 0.3) is 5.69 Å². The van der Waals surface area contributed by atoms with Crippen molar-refractivity contribution in [2.45, 2.75) is 52.0 Å². The van der Waals surface area contributed by atoms with Crippen molar-refractivity contribution in [2.24, 2.45) is 5.92 Å².